The number of hydrogen-bond acceptors (Lipinski definition) is 7. The number of furan rings is 1. The summed E-state index contributed by atoms with van der Waals surface area (Å²) in [4.78, 5) is 16.6. The van der Waals surface area contributed by atoms with Gasteiger partial charge in [-0.15, -0.1) is 11.8 Å². The molecule has 0 aliphatic rings. The minimum absolute atomic E-state index is 0.0694. The largest absolute Gasteiger partial charge is 0.461 e. The van der Waals surface area contributed by atoms with Gasteiger partial charge in [0.05, 0.1) is 12.0 Å². The molecule has 22 heavy (non-hydrogen) atoms. The van der Waals surface area contributed by atoms with E-state index in [1.807, 2.05) is 12.1 Å². The van der Waals surface area contributed by atoms with Crippen LogP contribution in [-0.2, 0) is 16.1 Å². The highest BCUT2D eigenvalue weighted by Crippen LogP contribution is 2.21. The topological polar surface area (TPSA) is 78.4 Å². The second kappa shape index (κ2) is 6.95. The number of hydrogen-bond donors (Lipinski definition) is 0. The van der Waals surface area contributed by atoms with Gasteiger partial charge in [-0.1, -0.05) is 5.16 Å². The van der Waals surface area contributed by atoms with Crippen LogP contribution in [0.2, 0.25) is 0 Å². The SMILES string of the molecule is O=C(CSc1ccncc1)OCc1cc(-c2ccco2)on1. The lowest BCUT2D eigenvalue weighted by Crippen LogP contribution is -2.07. The van der Waals surface area contributed by atoms with Crippen molar-refractivity contribution in [3.63, 3.8) is 0 Å². The van der Waals surface area contributed by atoms with Crippen LogP contribution in [0, 0.1) is 0 Å². The van der Waals surface area contributed by atoms with Crippen LogP contribution in [0.15, 0.2) is 62.8 Å². The Morgan fingerprint density at radius 3 is 2.86 bits per heavy atom. The molecule has 0 amide bonds. The van der Waals surface area contributed by atoms with Crippen LogP contribution in [-0.4, -0.2) is 21.9 Å². The monoisotopic (exact) mass is 316 g/mol. The quantitative estimate of drug-likeness (QED) is 0.510. The number of pyridine rings is 1. The van der Waals surface area contributed by atoms with Crippen LogP contribution >= 0.6 is 11.8 Å². The van der Waals surface area contributed by atoms with Gasteiger partial charge in [0.2, 0.25) is 5.76 Å². The van der Waals surface area contributed by atoms with Crippen molar-refractivity contribution in [3.8, 4) is 11.5 Å². The molecule has 0 aliphatic carbocycles. The number of carbonyl (C=O) groups excluding carboxylic acids is 1. The summed E-state index contributed by atoms with van der Waals surface area (Å²) in [5, 5.41) is 3.84. The molecule has 0 saturated heterocycles. The summed E-state index contributed by atoms with van der Waals surface area (Å²) in [6, 6.07) is 8.88. The van der Waals surface area contributed by atoms with E-state index in [1.54, 1.807) is 36.9 Å². The minimum Gasteiger partial charge on any atom is -0.461 e. The summed E-state index contributed by atoms with van der Waals surface area (Å²) in [5.74, 6) is 0.997. The Morgan fingerprint density at radius 2 is 2.09 bits per heavy atom. The number of aromatic nitrogens is 2. The molecule has 0 unspecified atom stereocenters. The van der Waals surface area contributed by atoms with E-state index in [2.05, 4.69) is 10.1 Å². The fraction of sp³-hybridized carbons (Fsp3) is 0.133. The highest BCUT2D eigenvalue weighted by Gasteiger charge is 2.11. The molecule has 0 spiro atoms. The summed E-state index contributed by atoms with van der Waals surface area (Å²) in [6.07, 6.45) is 4.91. The van der Waals surface area contributed by atoms with E-state index in [9.17, 15) is 4.79 Å². The maximum atomic E-state index is 11.7. The predicted molar refractivity (Wildman–Crippen MR) is 79.0 cm³/mol. The zero-order valence-electron chi connectivity index (χ0n) is 11.5. The molecule has 0 radical (unpaired) electrons. The zero-order chi connectivity index (χ0) is 15.2. The lowest BCUT2D eigenvalue weighted by molar-refractivity contribution is -0.141. The van der Waals surface area contributed by atoms with Crippen molar-refractivity contribution in [3.05, 3.63) is 54.7 Å². The van der Waals surface area contributed by atoms with Crippen molar-refractivity contribution in [2.24, 2.45) is 0 Å². The molecule has 0 saturated carbocycles. The summed E-state index contributed by atoms with van der Waals surface area (Å²) in [7, 11) is 0. The Bertz CT molecular complexity index is 725. The molecule has 0 fully saturated rings. The smallest absolute Gasteiger partial charge is 0.316 e. The second-order valence-electron chi connectivity index (χ2n) is 4.29. The fourth-order valence-electron chi connectivity index (χ4n) is 1.69. The molecule has 3 aromatic heterocycles. The molecule has 0 N–H and O–H groups in total. The summed E-state index contributed by atoms with van der Waals surface area (Å²) in [6.45, 7) is 0.0694. The van der Waals surface area contributed by atoms with Gasteiger partial charge in [-0.2, -0.15) is 0 Å². The zero-order valence-corrected chi connectivity index (χ0v) is 12.3. The molecule has 3 rings (SSSR count). The van der Waals surface area contributed by atoms with Crippen molar-refractivity contribution in [2.45, 2.75) is 11.5 Å². The van der Waals surface area contributed by atoms with Gasteiger partial charge in [0.25, 0.3) is 0 Å². The van der Waals surface area contributed by atoms with Crippen LogP contribution in [0.3, 0.4) is 0 Å². The molecule has 0 aliphatic heterocycles. The van der Waals surface area contributed by atoms with Crippen LogP contribution in [0.4, 0.5) is 0 Å². The van der Waals surface area contributed by atoms with Gasteiger partial charge in [-0.05, 0) is 24.3 Å². The number of thioether (sulfide) groups is 1. The molecular weight excluding hydrogens is 304 g/mol. The molecule has 3 aromatic rings. The van der Waals surface area contributed by atoms with E-state index in [4.69, 9.17) is 13.7 Å². The number of ether oxygens (including phenoxy) is 1. The molecule has 6 nitrogen and oxygen atoms in total. The first-order chi connectivity index (χ1) is 10.8. The van der Waals surface area contributed by atoms with Gasteiger partial charge in [-0.3, -0.25) is 9.78 Å². The van der Waals surface area contributed by atoms with Crippen LogP contribution in [0.5, 0.6) is 0 Å². The Balaban J connectivity index is 1.47. The Kier molecular flexibility index (Phi) is 4.55. The maximum Gasteiger partial charge on any atom is 0.316 e. The highest BCUT2D eigenvalue weighted by atomic mass is 32.2. The van der Waals surface area contributed by atoms with Crippen molar-refractivity contribution in [2.75, 3.05) is 5.75 Å². The van der Waals surface area contributed by atoms with Crippen LogP contribution < -0.4 is 0 Å². The summed E-state index contributed by atoms with van der Waals surface area (Å²) < 4.78 is 15.5. The normalized spacial score (nSPS) is 10.5. The van der Waals surface area contributed by atoms with Gasteiger partial charge >= 0.3 is 5.97 Å². The minimum atomic E-state index is -0.315. The van der Waals surface area contributed by atoms with Crippen molar-refractivity contribution < 1.29 is 18.5 Å². The van der Waals surface area contributed by atoms with Gasteiger partial charge in [-0.25, -0.2) is 0 Å². The molecule has 3 heterocycles. The average molecular weight is 316 g/mol. The standard InChI is InChI=1S/C15H12N2O4S/c18-15(10-22-12-3-5-16-6-4-12)20-9-11-8-14(21-17-11)13-2-1-7-19-13/h1-8H,9-10H2. The fourth-order valence-corrected chi connectivity index (χ4v) is 2.37. The van der Waals surface area contributed by atoms with E-state index in [0.717, 1.165) is 4.90 Å². The molecule has 7 heteroatoms. The van der Waals surface area contributed by atoms with Gasteiger partial charge in [0, 0.05) is 23.4 Å². The van der Waals surface area contributed by atoms with Gasteiger partial charge in [0.1, 0.15) is 12.3 Å². The summed E-state index contributed by atoms with van der Waals surface area (Å²) >= 11 is 1.39. The molecule has 0 atom stereocenters. The van der Waals surface area contributed by atoms with Gasteiger partial charge < -0.3 is 13.7 Å². The van der Waals surface area contributed by atoms with E-state index >= 15 is 0 Å². The maximum absolute atomic E-state index is 11.7. The Morgan fingerprint density at radius 1 is 1.23 bits per heavy atom. The number of carbonyl (C=O) groups is 1. The molecule has 0 bridgehead atoms. The van der Waals surface area contributed by atoms with Gasteiger partial charge in [0.15, 0.2) is 5.76 Å². The van der Waals surface area contributed by atoms with Crippen molar-refractivity contribution in [1.29, 1.82) is 0 Å². The third kappa shape index (κ3) is 3.76. The first-order valence-corrected chi connectivity index (χ1v) is 7.48. The highest BCUT2D eigenvalue weighted by molar-refractivity contribution is 8.00. The lowest BCUT2D eigenvalue weighted by Gasteiger charge is -2.02. The van der Waals surface area contributed by atoms with Crippen LogP contribution in [0.1, 0.15) is 5.69 Å². The van der Waals surface area contributed by atoms with E-state index in [-0.39, 0.29) is 18.3 Å². The van der Waals surface area contributed by atoms with E-state index in [1.165, 1.54) is 11.8 Å². The average Bonchev–Trinajstić information content (AvgIpc) is 3.22. The van der Waals surface area contributed by atoms with Crippen molar-refractivity contribution >= 4 is 17.7 Å². The predicted octanol–water partition coefficient (Wildman–Crippen LogP) is 3.17. The molecule has 112 valence electrons. The Labute approximate surface area is 130 Å². The van der Waals surface area contributed by atoms with Crippen molar-refractivity contribution in [1.82, 2.24) is 10.1 Å². The number of nitrogens with zero attached hydrogens (tertiary/aromatic N) is 2. The van der Waals surface area contributed by atoms with Crippen LogP contribution in [0.25, 0.3) is 11.5 Å². The number of rotatable bonds is 6. The first-order valence-electron chi connectivity index (χ1n) is 6.49. The Hall–Kier alpha value is -2.54. The third-order valence-electron chi connectivity index (χ3n) is 2.71. The molecular formula is C15H12N2O4S. The molecule has 0 aromatic carbocycles. The second-order valence-corrected chi connectivity index (χ2v) is 5.34. The first kappa shape index (κ1) is 14.4. The van der Waals surface area contributed by atoms with E-state index in [0.29, 0.717) is 17.2 Å². The lowest BCUT2D eigenvalue weighted by atomic mass is 10.3. The third-order valence-corrected chi connectivity index (χ3v) is 3.70. The summed E-state index contributed by atoms with van der Waals surface area (Å²) in [5.41, 5.74) is 0.536. The van der Waals surface area contributed by atoms with E-state index < -0.39 is 0 Å². The number of esters is 1.